The molecule has 0 radical (unpaired) electrons. The highest BCUT2D eigenvalue weighted by Gasteiger charge is 2.71. The second-order valence-electron chi connectivity index (χ2n) is 23.3. The van der Waals surface area contributed by atoms with Gasteiger partial charge in [-0.05, 0) is 103 Å². The third kappa shape index (κ3) is 9.88. The first kappa shape index (κ1) is 55.2. The topological polar surface area (TPSA) is 246 Å². The Hall–Kier alpha value is -4.13. The molecule has 1 saturated heterocycles. The van der Waals surface area contributed by atoms with Crippen LogP contribution < -0.4 is 5.32 Å². The Labute approximate surface area is 412 Å². The zero-order valence-corrected chi connectivity index (χ0v) is 43.6. The standard InChI is InChI=1S/C52H79NO17/c1-28(54)53-41-35(67-30(3)56)25-52(45(62)63-13,70-43(41)42(69-32(5)58)36(68-31(4)57)27-65-29(2)55)66-23-22-64-44(61)51-21-20-46(6,7)24-34(51)33-14-15-38-48(10)18-17-39(59)47(8,9)37(48)16-19-49(38,11)50(33,12)26-40(51)60/h14,34-43,59-60H,15-27H2,1-13H3,(H,53,54)/t34-,35+,36-,37+,38-,39+,40-,41-,42-,43-,48+,49-,50-,51-,52-/m1/s1. The third-order valence-corrected chi connectivity index (χ3v) is 18.2. The van der Waals surface area contributed by atoms with Crippen molar-refractivity contribution in [3.05, 3.63) is 11.6 Å². The number of allylic oxidation sites excluding steroid dienone is 2. The molecule has 0 aromatic heterocycles. The molecule has 394 valence electrons. The molecular formula is C52H79NO17. The first-order valence-electron chi connectivity index (χ1n) is 25.0. The van der Waals surface area contributed by atoms with Crippen molar-refractivity contribution in [2.45, 2.75) is 196 Å². The molecule has 3 N–H and O–H groups in total. The summed E-state index contributed by atoms with van der Waals surface area (Å²) in [4.78, 5) is 91.4. The van der Waals surface area contributed by atoms with Crippen LogP contribution in [0.2, 0.25) is 0 Å². The van der Waals surface area contributed by atoms with E-state index in [0.29, 0.717) is 37.5 Å². The maximum atomic E-state index is 15.0. The maximum Gasteiger partial charge on any atom is 0.366 e. The van der Waals surface area contributed by atoms with Gasteiger partial charge in [0.25, 0.3) is 5.79 Å². The number of carbonyl (C=O) groups is 7. The lowest BCUT2D eigenvalue weighted by molar-refractivity contribution is -0.315. The van der Waals surface area contributed by atoms with Crippen LogP contribution in [-0.4, -0.2) is 127 Å². The average Bonchev–Trinajstić information content (AvgIpc) is 3.24. The van der Waals surface area contributed by atoms with Gasteiger partial charge in [0, 0.05) is 34.6 Å². The molecule has 1 heterocycles. The zero-order chi connectivity index (χ0) is 52.2. The van der Waals surface area contributed by atoms with E-state index in [1.54, 1.807) is 0 Å². The molecule has 6 aliphatic rings. The van der Waals surface area contributed by atoms with Gasteiger partial charge >= 0.3 is 35.8 Å². The lowest BCUT2D eigenvalue weighted by Crippen LogP contribution is -2.69. The van der Waals surface area contributed by atoms with Crippen LogP contribution in [0.1, 0.15) is 147 Å². The molecule has 5 fully saturated rings. The van der Waals surface area contributed by atoms with E-state index in [9.17, 15) is 43.8 Å². The molecule has 1 amide bonds. The molecule has 4 saturated carbocycles. The largest absolute Gasteiger partial charge is 0.465 e. The van der Waals surface area contributed by atoms with E-state index in [1.807, 2.05) is 0 Å². The number of esters is 6. The number of hydrogen-bond donors (Lipinski definition) is 3. The Kier molecular flexibility index (Phi) is 15.8. The normalized spacial score (nSPS) is 39.0. The van der Waals surface area contributed by atoms with Gasteiger partial charge in [0.05, 0.1) is 38.4 Å². The Balaban J connectivity index is 1.31. The van der Waals surface area contributed by atoms with Gasteiger partial charge in [-0.15, -0.1) is 0 Å². The molecule has 0 bridgehead atoms. The number of fused-ring (bicyclic) bond motifs is 7. The van der Waals surface area contributed by atoms with E-state index in [4.69, 9.17) is 37.9 Å². The summed E-state index contributed by atoms with van der Waals surface area (Å²) in [5.74, 6) is -7.99. The second-order valence-corrected chi connectivity index (χ2v) is 23.3. The first-order valence-corrected chi connectivity index (χ1v) is 25.0. The fourth-order valence-corrected chi connectivity index (χ4v) is 14.7. The van der Waals surface area contributed by atoms with Gasteiger partial charge in [-0.3, -0.25) is 28.8 Å². The molecule has 1 aliphatic heterocycles. The third-order valence-electron chi connectivity index (χ3n) is 18.2. The highest BCUT2D eigenvalue weighted by molar-refractivity contribution is 5.80. The smallest absolute Gasteiger partial charge is 0.366 e. The van der Waals surface area contributed by atoms with Gasteiger partial charge in [0.1, 0.15) is 30.8 Å². The Morgan fingerprint density at radius 3 is 2.01 bits per heavy atom. The number of nitrogens with one attached hydrogen (secondary N) is 1. The van der Waals surface area contributed by atoms with Crippen LogP contribution in [0.4, 0.5) is 0 Å². The van der Waals surface area contributed by atoms with Crippen molar-refractivity contribution in [2.75, 3.05) is 26.9 Å². The summed E-state index contributed by atoms with van der Waals surface area (Å²) in [7, 11) is 1.05. The van der Waals surface area contributed by atoms with E-state index >= 15 is 0 Å². The van der Waals surface area contributed by atoms with Gasteiger partial charge in [0.15, 0.2) is 12.2 Å². The highest BCUT2D eigenvalue weighted by atomic mass is 16.7. The predicted molar refractivity (Wildman–Crippen MR) is 248 cm³/mol. The maximum absolute atomic E-state index is 15.0. The molecule has 0 aromatic carbocycles. The Morgan fingerprint density at radius 2 is 1.41 bits per heavy atom. The average molecular weight is 990 g/mol. The molecule has 0 unspecified atom stereocenters. The fourth-order valence-electron chi connectivity index (χ4n) is 14.7. The quantitative estimate of drug-likeness (QED) is 0.0876. The van der Waals surface area contributed by atoms with E-state index in [-0.39, 0.29) is 33.7 Å². The summed E-state index contributed by atoms with van der Waals surface area (Å²) in [5.41, 5.74) is -1.10. The van der Waals surface area contributed by atoms with Crippen LogP contribution in [-0.2, 0) is 71.5 Å². The predicted octanol–water partition coefficient (Wildman–Crippen LogP) is 5.20. The number of hydrogen-bond acceptors (Lipinski definition) is 17. The van der Waals surface area contributed by atoms with Gasteiger partial charge in [-0.2, -0.15) is 0 Å². The SMILES string of the molecule is COC(=O)[C@@]1(OCCOC(=O)[C@]23CCC(C)(C)C[C@@H]2C2=CC[C@@H]4[C@@]5(C)CC[C@H](O)C(C)(C)[C@@H]5CC[C@@]4(C)[C@]2(C)C[C@H]3O)C[C@H](OC(C)=O)[C@@H](NC(C)=O)[C@H]([C@H](OC(C)=O)[C@@H](COC(C)=O)OC(C)=O)O1. The molecule has 18 nitrogen and oxygen atoms in total. The number of aliphatic hydroxyl groups is 2. The van der Waals surface area contributed by atoms with Crippen LogP contribution >= 0.6 is 0 Å². The Morgan fingerprint density at radius 1 is 0.743 bits per heavy atom. The van der Waals surface area contributed by atoms with Crippen LogP contribution in [0.3, 0.4) is 0 Å². The number of aliphatic hydroxyl groups excluding tert-OH is 2. The summed E-state index contributed by atoms with van der Waals surface area (Å²) in [6.07, 6.45) is 0.376. The zero-order valence-electron chi connectivity index (χ0n) is 43.6. The molecule has 70 heavy (non-hydrogen) atoms. The van der Waals surface area contributed by atoms with Gasteiger partial charge in [-0.25, -0.2) is 4.79 Å². The second kappa shape index (κ2) is 20.1. The van der Waals surface area contributed by atoms with E-state index < -0.39 is 121 Å². The lowest BCUT2D eigenvalue weighted by atomic mass is 9.33. The van der Waals surface area contributed by atoms with Crippen LogP contribution in [0, 0.1) is 50.2 Å². The van der Waals surface area contributed by atoms with Gasteiger partial charge in [-0.1, -0.05) is 60.1 Å². The number of carbonyl (C=O) groups excluding carboxylic acids is 7. The van der Waals surface area contributed by atoms with Gasteiger partial charge < -0.3 is 53.4 Å². The molecule has 5 aliphatic carbocycles. The van der Waals surface area contributed by atoms with Crippen molar-refractivity contribution in [1.82, 2.24) is 5.32 Å². The number of rotatable bonds is 14. The number of methoxy groups -OCH3 is 1. The van der Waals surface area contributed by atoms with E-state index in [0.717, 1.165) is 73.8 Å². The first-order chi connectivity index (χ1) is 32.4. The molecule has 0 spiro atoms. The molecule has 6 rings (SSSR count). The molecular weight excluding hydrogens is 911 g/mol. The molecule has 18 heteroatoms. The van der Waals surface area contributed by atoms with Crippen molar-refractivity contribution in [1.29, 1.82) is 0 Å². The van der Waals surface area contributed by atoms with Crippen molar-refractivity contribution in [3.63, 3.8) is 0 Å². The highest BCUT2D eigenvalue weighted by Crippen LogP contribution is 2.76. The fraction of sp³-hybridized carbons (Fsp3) is 0.827. The van der Waals surface area contributed by atoms with Crippen molar-refractivity contribution in [3.8, 4) is 0 Å². The number of amides is 1. The number of ether oxygens (including phenoxy) is 8. The Bertz CT molecular complexity index is 2090. The van der Waals surface area contributed by atoms with Crippen LogP contribution in [0.15, 0.2) is 11.6 Å². The summed E-state index contributed by atoms with van der Waals surface area (Å²) in [6.45, 7) is 19.8. The minimum atomic E-state index is -2.50. The molecule has 15 atom stereocenters. The summed E-state index contributed by atoms with van der Waals surface area (Å²) in [6, 6.07) is -1.39. The lowest BCUT2D eigenvalue weighted by Gasteiger charge is -2.71. The van der Waals surface area contributed by atoms with Crippen LogP contribution in [0.5, 0.6) is 0 Å². The molecule has 0 aromatic rings. The minimum Gasteiger partial charge on any atom is -0.465 e. The minimum absolute atomic E-state index is 0.0208. The monoisotopic (exact) mass is 990 g/mol. The summed E-state index contributed by atoms with van der Waals surface area (Å²) < 4.78 is 45.8. The van der Waals surface area contributed by atoms with Crippen LogP contribution in [0.25, 0.3) is 0 Å². The van der Waals surface area contributed by atoms with Crippen molar-refractivity contribution < 1.29 is 81.7 Å². The van der Waals surface area contributed by atoms with E-state index in [2.05, 4.69) is 59.9 Å². The van der Waals surface area contributed by atoms with Crippen molar-refractivity contribution in [2.24, 2.45) is 50.2 Å². The van der Waals surface area contributed by atoms with Gasteiger partial charge in [0.2, 0.25) is 5.91 Å². The summed E-state index contributed by atoms with van der Waals surface area (Å²) in [5, 5.41) is 26.5. The summed E-state index contributed by atoms with van der Waals surface area (Å²) >= 11 is 0. The van der Waals surface area contributed by atoms with E-state index in [1.165, 1.54) is 5.57 Å². The van der Waals surface area contributed by atoms with Crippen molar-refractivity contribution >= 4 is 41.7 Å².